The Bertz CT molecular complexity index is 2460. The summed E-state index contributed by atoms with van der Waals surface area (Å²) in [5, 5.41) is 1.37. The largest absolute Gasteiger partial charge is 0.381 e. The van der Waals surface area contributed by atoms with Crippen LogP contribution in [0.4, 0.5) is 11.6 Å². The molecule has 12 nitrogen and oxygen atoms in total. The summed E-state index contributed by atoms with van der Waals surface area (Å²) in [6.07, 6.45) is 6.20. The lowest BCUT2D eigenvalue weighted by Gasteiger charge is -2.33. The average molecular weight is 836 g/mol. The molecule has 6 aromatic rings. The van der Waals surface area contributed by atoms with Gasteiger partial charge < -0.3 is 38.2 Å². The molecule has 10 rings (SSSR count). The second-order valence-corrected chi connectivity index (χ2v) is 17.5. The fraction of sp³-hybridized carbons (Fsp3) is 0.467. The van der Waals surface area contributed by atoms with Crippen molar-refractivity contribution < 1.29 is 9.47 Å². The molecule has 4 fully saturated rings. The number of fused-ring (bicyclic) bond motifs is 2. The van der Waals surface area contributed by atoms with Crippen molar-refractivity contribution in [1.82, 2.24) is 38.9 Å². The van der Waals surface area contributed by atoms with Crippen LogP contribution >= 0.6 is 23.2 Å². The van der Waals surface area contributed by atoms with Gasteiger partial charge in [0.2, 0.25) is 0 Å². The minimum Gasteiger partial charge on any atom is -0.381 e. The number of imidazole rings is 2. The van der Waals surface area contributed by atoms with Crippen molar-refractivity contribution in [3.05, 3.63) is 82.1 Å². The molecule has 308 valence electrons. The summed E-state index contributed by atoms with van der Waals surface area (Å²) in [6.45, 7) is 10.4. The average Bonchev–Trinajstić information content (AvgIpc) is 3.85. The van der Waals surface area contributed by atoms with Gasteiger partial charge in [-0.1, -0.05) is 41.4 Å². The SMILES string of the molecule is CN1CCN(c2nccc3c2nc(-c2cc(Cc4cc5c(nc(-c6ccccc6Cl)n5C5CCOCC5)c(N5CCN(C)CC5)n4)ccc2Cl)n3C2CCOCC2)CC1. The molecule has 0 amide bonds. The number of hydrogen-bond donors (Lipinski definition) is 0. The molecule has 0 unspecified atom stereocenters. The van der Waals surface area contributed by atoms with Gasteiger partial charge in [0.25, 0.3) is 0 Å². The summed E-state index contributed by atoms with van der Waals surface area (Å²) >= 11 is 14.1. The maximum absolute atomic E-state index is 7.21. The van der Waals surface area contributed by atoms with Crippen molar-refractivity contribution >= 4 is 56.9 Å². The molecule has 0 atom stereocenters. The number of halogens is 2. The highest BCUT2D eigenvalue weighted by Gasteiger charge is 2.30. The third-order valence-corrected chi connectivity index (χ3v) is 13.5. The molecule has 4 aliphatic heterocycles. The molecule has 0 radical (unpaired) electrons. The predicted molar refractivity (Wildman–Crippen MR) is 236 cm³/mol. The Balaban J connectivity index is 1.10. The first-order valence-corrected chi connectivity index (χ1v) is 22.0. The topological polar surface area (TPSA) is 92.8 Å². The fourth-order valence-electron chi connectivity index (χ4n) is 9.43. The number of rotatable bonds is 8. The van der Waals surface area contributed by atoms with Crippen LogP contribution in [0.25, 0.3) is 44.8 Å². The van der Waals surface area contributed by atoms with E-state index in [0.29, 0.717) is 29.7 Å². The molecule has 8 heterocycles. The molecule has 0 spiro atoms. The van der Waals surface area contributed by atoms with Gasteiger partial charge in [-0.3, -0.25) is 0 Å². The Hall–Kier alpha value is -4.30. The zero-order valence-electron chi connectivity index (χ0n) is 34.0. The Morgan fingerprint density at radius 1 is 0.593 bits per heavy atom. The van der Waals surface area contributed by atoms with Gasteiger partial charge in [0, 0.05) is 120 Å². The molecular weight excluding hydrogens is 783 g/mol. The Labute approximate surface area is 355 Å². The third kappa shape index (κ3) is 7.57. The molecule has 4 saturated heterocycles. The molecule has 0 bridgehead atoms. The highest BCUT2D eigenvalue weighted by atomic mass is 35.5. The summed E-state index contributed by atoms with van der Waals surface area (Å²) in [4.78, 5) is 30.8. The van der Waals surface area contributed by atoms with Gasteiger partial charge in [0.15, 0.2) is 11.6 Å². The number of aromatic nitrogens is 6. The number of benzene rings is 2. The predicted octanol–water partition coefficient (Wildman–Crippen LogP) is 7.61. The normalized spacial score (nSPS) is 19.4. The van der Waals surface area contributed by atoms with Gasteiger partial charge in [-0.25, -0.2) is 19.9 Å². The first-order valence-electron chi connectivity index (χ1n) is 21.2. The van der Waals surface area contributed by atoms with E-state index in [4.69, 9.17) is 52.6 Å². The van der Waals surface area contributed by atoms with Gasteiger partial charge in [0.05, 0.1) is 21.1 Å². The number of hydrogen-bond acceptors (Lipinski definition) is 10. The molecule has 0 saturated carbocycles. The maximum Gasteiger partial charge on any atom is 0.157 e. The van der Waals surface area contributed by atoms with Crippen LogP contribution in [0.3, 0.4) is 0 Å². The second kappa shape index (κ2) is 16.6. The highest BCUT2D eigenvalue weighted by Crippen LogP contribution is 2.41. The number of likely N-dealkylation sites (N-methyl/N-ethyl adjacent to an activating group) is 2. The standard InChI is InChI=1S/C45H52Cl2N10O2/c1-52-15-19-54(20-16-52)44-40-38(9-14-48-44)56(32-10-23-58-24-11-32)43(50-40)35-28-30(7-8-37(35)47)27-31-29-39-41(45(49-31)55-21-17-53(2)18-22-55)51-42(34-5-3-4-6-36(34)46)57(39)33-12-25-59-26-13-33/h3-9,14,28-29,32-33H,10-13,15-27H2,1-2H3. The number of pyridine rings is 2. The number of nitrogens with zero attached hydrogens (tertiary/aromatic N) is 10. The van der Waals surface area contributed by atoms with E-state index >= 15 is 0 Å². The second-order valence-electron chi connectivity index (χ2n) is 16.7. The van der Waals surface area contributed by atoms with E-state index < -0.39 is 0 Å². The van der Waals surface area contributed by atoms with Crippen LogP contribution in [0.5, 0.6) is 0 Å². The molecule has 4 aromatic heterocycles. The van der Waals surface area contributed by atoms with Crippen LogP contribution in [0.2, 0.25) is 10.0 Å². The van der Waals surface area contributed by atoms with Gasteiger partial charge in [0.1, 0.15) is 22.7 Å². The van der Waals surface area contributed by atoms with Crippen molar-refractivity contribution in [3.63, 3.8) is 0 Å². The van der Waals surface area contributed by atoms with Crippen LogP contribution in [0.1, 0.15) is 49.0 Å². The molecule has 14 heteroatoms. The van der Waals surface area contributed by atoms with E-state index in [1.54, 1.807) is 0 Å². The summed E-state index contributed by atoms with van der Waals surface area (Å²) < 4.78 is 16.6. The lowest BCUT2D eigenvalue weighted by molar-refractivity contribution is 0.0709. The van der Waals surface area contributed by atoms with E-state index in [2.05, 4.69) is 73.2 Å². The molecule has 4 aliphatic rings. The van der Waals surface area contributed by atoms with Crippen molar-refractivity contribution in [2.75, 3.05) is 103 Å². The Kier molecular flexibility index (Phi) is 11.0. The zero-order valence-corrected chi connectivity index (χ0v) is 35.5. The molecular formula is C45H52Cl2N10O2. The van der Waals surface area contributed by atoms with Crippen LogP contribution in [-0.4, -0.2) is 132 Å². The summed E-state index contributed by atoms with van der Waals surface area (Å²) in [5.41, 5.74) is 7.99. The first-order chi connectivity index (χ1) is 28.9. The van der Waals surface area contributed by atoms with E-state index in [0.717, 1.165) is 159 Å². The molecule has 2 aromatic carbocycles. The number of anilines is 2. The zero-order chi connectivity index (χ0) is 40.0. The van der Waals surface area contributed by atoms with Crippen molar-refractivity contribution in [2.45, 2.75) is 44.2 Å². The van der Waals surface area contributed by atoms with Gasteiger partial charge in [-0.2, -0.15) is 0 Å². The highest BCUT2D eigenvalue weighted by molar-refractivity contribution is 6.33. The lowest BCUT2D eigenvalue weighted by Crippen LogP contribution is -2.45. The van der Waals surface area contributed by atoms with Crippen LogP contribution in [-0.2, 0) is 15.9 Å². The van der Waals surface area contributed by atoms with Crippen molar-refractivity contribution in [3.8, 4) is 22.8 Å². The van der Waals surface area contributed by atoms with Crippen LogP contribution in [0, 0.1) is 0 Å². The van der Waals surface area contributed by atoms with E-state index in [1.807, 2.05) is 30.5 Å². The quantitative estimate of drug-likeness (QED) is 0.153. The monoisotopic (exact) mass is 834 g/mol. The van der Waals surface area contributed by atoms with Gasteiger partial charge >= 0.3 is 0 Å². The molecule has 59 heavy (non-hydrogen) atoms. The summed E-state index contributed by atoms with van der Waals surface area (Å²) in [5.74, 6) is 3.65. The Morgan fingerprint density at radius 3 is 1.80 bits per heavy atom. The summed E-state index contributed by atoms with van der Waals surface area (Å²) in [6, 6.07) is 19.3. The van der Waals surface area contributed by atoms with Crippen LogP contribution < -0.4 is 9.80 Å². The van der Waals surface area contributed by atoms with E-state index in [1.165, 1.54) is 0 Å². The van der Waals surface area contributed by atoms with Crippen LogP contribution in [0.15, 0.2) is 60.8 Å². The van der Waals surface area contributed by atoms with Crippen molar-refractivity contribution in [1.29, 1.82) is 0 Å². The van der Waals surface area contributed by atoms with E-state index in [9.17, 15) is 0 Å². The molecule has 0 aliphatic carbocycles. The molecule has 0 N–H and O–H groups in total. The summed E-state index contributed by atoms with van der Waals surface area (Å²) in [7, 11) is 4.36. The van der Waals surface area contributed by atoms with Gasteiger partial charge in [-0.15, -0.1) is 0 Å². The number of ether oxygens (including phenoxy) is 2. The van der Waals surface area contributed by atoms with Crippen molar-refractivity contribution in [2.24, 2.45) is 0 Å². The minimum atomic E-state index is 0.223. The first kappa shape index (κ1) is 38.9. The number of piperazine rings is 2. The smallest absolute Gasteiger partial charge is 0.157 e. The lowest BCUT2D eigenvalue weighted by atomic mass is 10.0. The fourth-order valence-corrected chi connectivity index (χ4v) is 9.85. The third-order valence-electron chi connectivity index (χ3n) is 12.8. The maximum atomic E-state index is 7.21. The Morgan fingerprint density at radius 2 is 1.15 bits per heavy atom. The van der Waals surface area contributed by atoms with E-state index in [-0.39, 0.29) is 12.1 Å². The minimum absolute atomic E-state index is 0.223. The van der Waals surface area contributed by atoms with Gasteiger partial charge in [-0.05, 0) is 81.7 Å².